The van der Waals surface area contributed by atoms with Gasteiger partial charge >= 0.3 is 6.36 Å². The summed E-state index contributed by atoms with van der Waals surface area (Å²) in [5, 5.41) is 6.02. The van der Waals surface area contributed by atoms with E-state index in [-0.39, 0.29) is 29.2 Å². The van der Waals surface area contributed by atoms with Crippen LogP contribution in [0.5, 0.6) is 5.75 Å². The summed E-state index contributed by atoms with van der Waals surface area (Å²) < 4.78 is 55.7. The smallest absolute Gasteiger partial charge is 0.406 e. The van der Waals surface area contributed by atoms with Crippen LogP contribution >= 0.6 is 0 Å². The number of anilines is 3. The lowest BCUT2D eigenvalue weighted by molar-refractivity contribution is -0.274. The van der Waals surface area contributed by atoms with E-state index in [0.717, 1.165) is 6.42 Å². The average molecular weight is 420 g/mol. The fraction of sp³-hybridized carbons (Fsp3) is 0.238. The summed E-state index contributed by atoms with van der Waals surface area (Å²) in [5.74, 6) is -0.269. The van der Waals surface area contributed by atoms with Crippen molar-refractivity contribution in [2.45, 2.75) is 32.7 Å². The molecule has 0 unspecified atom stereocenters. The van der Waals surface area contributed by atoms with E-state index in [0.29, 0.717) is 11.3 Å². The number of hydrogen-bond donors (Lipinski definition) is 2. The summed E-state index contributed by atoms with van der Waals surface area (Å²) in [4.78, 5) is 8.75. The highest BCUT2D eigenvalue weighted by atomic mass is 19.4. The molecule has 1 aromatic heterocycles. The van der Waals surface area contributed by atoms with Gasteiger partial charge in [-0.1, -0.05) is 31.2 Å². The van der Waals surface area contributed by atoms with Gasteiger partial charge in [-0.15, -0.1) is 13.2 Å². The second-order valence-electron chi connectivity index (χ2n) is 6.60. The van der Waals surface area contributed by atoms with E-state index < -0.39 is 12.2 Å². The zero-order valence-electron chi connectivity index (χ0n) is 16.3. The van der Waals surface area contributed by atoms with Gasteiger partial charge in [-0.05, 0) is 37.6 Å². The summed E-state index contributed by atoms with van der Waals surface area (Å²) in [6.07, 6.45) is -4.00. The molecule has 9 heteroatoms. The monoisotopic (exact) mass is 420 g/mol. The summed E-state index contributed by atoms with van der Waals surface area (Å²) >= 11 is 0. The predicted molar refractivity (Wildman–Crippen MR) is 107 cm³/mol. The molecule has 0 aliphatic carbocycles. The lowest BCUT2D eigenvalue weighted by atomic mass is 10.1. The molecule has 2 aromatic carbocycles. The largest absolute Gasteiger partial charge is 0.573 e. The lowest BCUT2D eigenvalue weighted by Crippen LogP contribution is -2.17. The molecule has 2 N–H and O–H groups in total. The van der Waals surface area contributed by atoms with E-state index >= 15 is 0 Å². The van der Waals surface area contributed by atoms with Crippen molar-refractivity contribution in [2.75, 3.05) is 10.6 Å². The Morgan fingerprint density at radius 3 is 2.50 bits per heavy atom. The molecule has 3 rings (SSSR count). The SMILES string of the molecule is CC[C@H](C)Nc1nc(Nc2ccccc2F)cc(-c2cccc(OC(F)(F)F)c2)n1. The Balaban J connectivity index is 2.00. The molecule has 0 amide bonds. The van der Waals surface area contributed by atoms with E-state index in [4.69, 9.17) is 0 Å². The molecule has 5 nitrogen and oxygen atoms in total. The Morgan fingerprint density at radius 2 is 1.80 bits per heavy atom. The second-order valence-corrected chi connectivity index (χ2v) is 6.60. The molecule has 0 saturated carbocycles. The van der Waals surface area contributed by atoms with Crippen LogP contribution in [0.2, 0.25) is 0 Å². The number of benzene rings is 2. The number of aromatic nitrogens is 2. The highest BCUT2D eigenvalue weighted by Crippen LogP contribution is 2.29. The van der Waals surface area contributed by atoms with Gasteiger partial charge in [0.15, 0.2) is 0 Å². The third kappa shape index (κ3) is 5.82. The number of para-hydroxylation sites is 1. The Morgan fingerprint density at radius 1 is 1.03 bits per heavy atom. The van der Waals surface area contributed by atoms with Crippen LogP contribution in [0.15, 0.2) is 54.6 Å². The van der Waals surface area contributed by atoms with Crippen molar-refractivity contribution in [2.24, 2.45) is 0 Å². The summed E-state index contributed by atoms with van der Waals surface area (Å²) in [6, 6.07) is 13.2. The van der Waals surface area contributed by atoms with E-state index in [1.54, 1.807) is 24.3 Å². The first-order valence-electron chi connectivity index (χ1n) is 9.27. The molecule has 0 bridgehead atoms. The Kier molecular flexibility index (Phi) is 6.39. The third-order valence-corrected chi connectivity index (χ3v) is 4.21. The van der Waals surface area contributed by atoms with Crippen molar-refractivity contribution in [1.82, 2.24) is 9.97 Å². The number of hydrogen-bond acceptors (Lipinski definition) is 5. The normalized spacial score (nSPS) is 12.3. The number of nitrogens with zero attached hydrogens (tertiary/aromatic N) is 2. The van der Waals surface area contributed by atoms with Crippen LogP contribution in [0.1, 0.15) is 20.3 Å². The maximum absolute atomic E-state index is 14.0. The molecular formula is C21H20F4N4O. The molecule has 1 atom stereocenters. The van der Waals surface area contributed by atoms with E-state index in [1.807, 2.05) is 13.8 Å². The Labute approximate surface area is 171 Å². The van der Waals surface area contributed by atoms with Crippen molar-refractivity contribution in [3.63, 3.8) is 0 Å². The maximum atomic E-state index is 14.0. The van der Waals surface area contributed by atoms with Gasteiger partial charge in [0.2, 0.25) is 5.95 Å². The minimum Gasteiger partial charge on any atom is -0.406 e. The molecule has 3 aromatic rings. The number of nitrogens with one attached hydrogen (secondary N) is 2. The van der Waals surface area contributed by atoms with Crippen LogP contribution in [-0.2, 0) is 0 Å². The number of halogens is 4. The zero-order valence-corrected chi connectivity index (χ0v) is 16.3. The van der Waals surface area contributed by atoms with Crippen molar-refractivity contribution in [3.05, 3.63) is 60.4 Å². The topological polar surface area (TPSA) is 59.1 Å². The summed E-state index contributed by atoms with van der Waals surface area (Å²) in [5.41, 5.74) is 0.955. The van der Waals surface area contributed by atoms with Crippen LogP contribution in [0.4, 0.5) is 35.0 Å². The van der Waals surface area contributed by atoms with Crippen LogP contribution < -0.4 is 15.4 Å². The average Bonchev–Trinajstić information content (AvgIpc) is 2.68. The van der Waals surface area contributed by atoms with E-state index in [1.165, 1.54) is 30.3 Å². The molecular weight excluding hydrogens is 400 g/mol. The Bertz CT molecular complexity index is 1010. The molecule has 0 spiro atoms. The van der Waals surface area contributed by atoms with Crippen LogP contribution in [-0.4, -0.2) is 22.4 Å². The van der Waals surface area contributed by atoms with Gasteiger partial charge in [-0.25, -0.2) is 9.37 Å². The fourth-order valence-corrected chi connectivity index (χ4v) is 2.60. The molecule has 1 heterocycles. The predicted octanol–water partition coefficient (Wildman–Crippen LogP) is 6.14. The van der Waals surface area contributed by atoms with Gasteiger partial charge in [0.25, 0.3) is 0 Å². The quantitative estimate of drug-likeness (QED) is 0.450. The van der Waals surface area contributed by atoms with Crippen LogP contribution in [0.3, 0.4) is 0 Å². The van der Waals surface area contributed by atoms with Crippen molar-refractivity contribution >= 4 is 17.5 Å². The van der Waals surface area contributed by atoms with Gasteiger partial charge in [0.1, 0.15) is 17.4 Å². The number of alkyl halides is 3. The molecule has 0 fully saturated rings. The standard InChI is InChI=1S/C21H20F4N4O/c1-3-13(2)26-20-28-18(14-7-6-8-15(11-14)30-21(23,24)25)12-19(29-20)27-17-10-5-4-9-16(17)22/h4-13H,3H2,1-2H3,(H2,26,27,28,29)/t13-/m0/s1. The van der Waals surface area contributed by atoms with Gasteiger partial charge in [0.05, 0.1) is 11.4 Å². The summed E-state index contributed by atoms with van der Waals surface area (Å²) in [7, 11) is 0. The first-order chi connectivity index (χ1) is 14.2. The highest BCUT2D eigenvalue weighted by molar-refractivity contribution is 5.68. The van der Waals surface area contributed by atoms with Crippen molar-refractivity contribution < 1.29 is 22.3 Å². The minimum absolute atomic E-state index is 0.0569. The molecule has 30 heavy (non-hydrogen) atoms. The zero-order chi connectivity index (χ0) is 21.7. The highest BCUT2D eigenvalue weighted by Gasteiger charge is 2.31. The second kappa shape index (κ2) is 8.98. The molecule has 0 radical (unpaired) electrons. The van der Waals surface area contributed by atoms with Gasteiger partial charge in [-0.3, -0.25) is 0 Å². The van der Waals surface area contributed by atoms with E-state index in [9.17, 15) is 17.6 Å². The van der Waals surface area contributed by atoms with Gasteiger partial charge < -0.3 is 15.4 Å². The van der Waals surface area contributed by atoms with Gasteiger partial charge in [-0.2, -0.15) is 4.98 Å². The lowest BCUT2D eigenvalue weighted by Gasteiger charge is -2.15. The molecule has 0 aliphatic rings. The number of ether oxygens (including phenoxy) is 1. The van der Waals surface area contributed by atoms with Crippen LogP contribution in [0, 0.1) is 5.82 Å². The Hall–Kier alpha value is -3.36. The first-order valence-corrected chi connectivity index (χ1v) is 9.27. The van der Waals surface area contributed by atoms with Crippen LogP contribution in [0.25, 0.3) is 11.3 Å². The van der Waals surface area contributed by atoms with Gasteiger partial charge in [0, 0.05) is 17.7 Å². The molecule has 0 aliphatic heterocycles. The van der Waals surface area contributed by atoms with E-state index in [2.05, 4.69) is 25.3 Å². The maximum Gasteiger partial charge on any atom is 0.573 e. The number of rotatable bonds is 7. The van der Waals surface area contributed by atoms with Crippen molar-refractivity contribution in [1.29, 1.82) is 0 Å². The first kappa shape index (κ1) is 21.4. The van der Waals surface area contributed by atoms with Crippen molar-refractivity contribution in [3.8, 4) is 17.0 Å². The molecule has 158 valence electrons. The minimum atomic E-state index is -4.80. The summed E-state index contributed by atoms with van der Waals surface area (Å²) in [6.45, 7) is 3.93. The fourth-order valence-electron chi connectivity index (χ4n) is 2.60. The molecule has 0 saturated heterocycles. The third-order valence-electron chi connectivity index (χ3n) is 4.21.